The Kier molecular flexibility index (Phi) is 11.1. The first kappa shape index (κ1) is 35.0. The van der Waals surface area contributed by atoms with Gasteiger partial charge >= 0.3 is 18.2 Å². The van der Waals surface area contributed by atoms with Gasteiger partial charge in [-0.15, -0.1) is 11.3 Å². The van der Waals surface area contributed by atoms with Gasteiger partial charge in [-0.05, 0) is 59.2 Å². The molecule has 0 radical (unpaired) electrons. The first-order chi connectivity index (χ1) is 19.1. The average molecular weight is 637 g/mol. The number of carbonyl (C=O) groups excluding carboxylic acids is 2. The first-order valence-corrected chi connectivity index (χ1v) is 15.1. The van der Waals surface area contributed by atoms with Crippen LogP contribution in [-0.4, -0.2) is 66.0 Å². The van der Waals surface area contributed by atoms with E-state index in [9.17, 15) is 36.3 Å². The summed E-state index contributed by atoms with van der Waals surface area (Å²) >= 11 is 1.27. The number of nitrogens with zero attached hydrogens (tertiary/aromatic N) is 2. The van der Waals surface area contributed by atoms with Crippen molar-refractivity contribution in [2.75, 3.05) is 11.1 Å². The molecule has 0 spiro atoms. The maximum Gasteiger partial charge on any atom is 0.421 e. The van der Waals surface area contributed by atoms with Gasteiger partial charge in [0, 0.05) is 36.3 Å². The largest absolute Gasteiger partial charge is 0.458 e. The van der Waals surface area contributed by atoms with Crippen LogP contribution in [0.3, 0.4) is 0 Å². The molecular weight excluding hydrogens is 601 g/mol. The molecule has 0 aliphatic heterocycles. The molecule has 0 saturated heterocycles. The first-order valence-electron chi connectivity index (χ1n) is 12.7. The molecule has 11 nitrogen and oxygen atoms in total. The van der Waals surface area contributed by atoms with Crippen LogP contribution in [0.5, 0.6) is 0 Å². The van der Waals surface area contributed by atoms with E-state index in [0.717, 1.165) is 18.3 Å². The summed E-state index contributed by atoms with van der Waals surface area (Å²) in [5, 5.41) is 18.0. The van der Waals surface area contributed by atoms with E-state index >= 15 is 0 Å². The number of anilines is 2. The highest BCUT2D eigenvalue weighted by Gasteiger charge is 2.55. The summed E-state index contributed by atoms with van der Waals surface area (Å²) in [7, 11) is -4.55. The molecule has 1 amide bonds. The fraction of sp³-hybridized carbons (Fsp3) is 0.538. The third-order valence-electron chi connectivity index (χ3n) is 5.20. The number of hydrogen-bond donors (Lipinski definition) is 3. The van der Waals surface area contributed by atoms with Gasteiger partial charge in [0.1, 0.15) is 17.2 Å². The number of aromatic nitrogens is 1. The van der Waals surface area contributed by atoms with Crippen molar-refractivity contribution in [2.45, 2.75) is 83.4 Å². The lowest BCUT2D eigenvalue weighted by atomic mass is 9.90. The van der Waals surface area contributed by atoms with Crippen LogP contribution in [0.1, 0.15) is 59.9 Å². The van der Waals surface area contributed by atoms with Gasteiger partial charge in [-0.2, -0.15) is 17.6 Å². The number of carbonyl (C=O) groups is 2. The van der Waals surface area contributed by atoms with Crippen LogP contribution in [0.25, 0.3) is 0 Å². The molecule has 2 atom stereocenters. The molecule has 2 rings (SSSR count). The Morgan fingerprint density at radius 1 is 1.07 bits per heavy atom. The van der Waals surface area contributed by atoms with Crippen molar-refractivity contribution in [2.24, 2.45) is 4.40 Å². The molecular formula is C26H35F3N4O7S2. The molecule has 1 aromatic carbocycles. The second-order valence-corrected chi connectivity index (χ2v) is 13.9. The normalized spacial score (nSPS) is 15.1. The second kappa shape index (κ2) is 13.4. The van der Waals surface area contributed by atoms with E-state index in [1.807, 2.05) is 0 Å². The molecule has 0 saturated carbocycles. The molecule has 0 fully saturated rings. The fourth-order valence-electron chi connectivity index (χ4n) is 3.32. The third-order valence-corrected chi connectivity index (χ3v) is 7.07. The second-order valence-electron chi connectivity index (χ2n) is 11.2. The lowest BCUT2D eigenvalue weighted by Gasteiger charge is -2.30. The van der Waals surface area contributed by atoms with Gasteiger partial charge in [0.2, 0.25) is 0 Å². The number of rotatable bonds is 11. The number of alkyl carbamates (subject to hydrolysis) is 1. The van der Waals surface area contributed by atoms with Crippen LogP contribution in [0.4, 0.5) is 28.8 Å². The topological polar surface area (TPSA) is 156 Å². The van der Waals surface area contributed by atoms with Gasteiger partial charge in [0.25, 0.3) is 10.0 Å². The average Bonchev–Trinajstić information content (AvgIpc) is 3.32. The Morgan fingerprint density at radius 2 is 1.67 bits per heavy atom. The Morgan fingerprint density at radius 3 is 2.17 bits per heavy atom. The van der Waals surface area contributed by atoms with Gasteiger partial charge in [-0.1, -0.05) is 12.1 Å². The number of ether oxygens (including phenoxy) is 2. The van der Waals surface area contributed by atoms with Crippen LogP contribution >= 0.6 is 11.3 Å². The number of sulfonamides is 1. The number of esters is 1. The Balaban J connectivity index is 2.16. The predicted molar refractivity (Wildman–Crippen MR) is 152 cm³/mol. The van der Waals surface area contributed by atoms with Crippen molar-refractivity contribution in [1.82, 2.24) is 10.3 Å². The van der Waals surface area contributed by atoms with Crippen LogP contribution in [-0.2, 0) is 29.9 Å². The SMILES string of the molecule is CC(C)(C)OC(=O)N[C@@H](CC=NS(=O)(=O)CCC(O)(c1ccc(Nc2nccs2)cc1)C(F)(F)F)C(=O)OC(C)(C)C. The van der Waals surface area contributed by atoms with E-state index in [1.54, 1.807) is 53.1 Å². The quantitative estimate of drug-likeness (QED) is 0.227. The molecule has 3 N–H and O–H groups in total. The summed E-state index contributed by atoms with van der Waals surface area (Å²) in [6, 6.07) is 3.27. The van der Waals surface area contributed by atoms with Crippen molar-refractivity contribution in [3.63, 3.8) is 0 Å². The van der Waals surface area contributed by atoms with E-state index in [4.69, 9.17) is 9.47 Å². The minimum Gasteiger partial charge on any atom is -0.458 e. The summed E-state index contributed by atoms with van der Waals surface area (Å²) in [6.07, 6.45) is -5.59. The Bertz CT molecular complexity index is 1340. The van der Waals surface area contributed by atoms with Gasteiger partial charge < -0.3 is 25.2 Å². The lowest BCUT2D eigenvalue weighted by Crippen LogP contribution is -2.46. The molecule has 0 aliphatic rings. The number of thiazole rings is 1. The maximum atomic E-state index is 14.0. The van der Waals surface area contributed by atoms with E-state index in [0.29, 0.717) is 10.8 Å². The molecule has 42 heavy (non-hydrogen) atoms. The number of halogens is 3. The van der Waals surface area contributed by atoms with E-state index < -0.39 is 75.3 Å². The molecule has 0 bridgehead atoms. The molecule has 234 valence electrons. The number of benzene rings is 1. The molecule has 2 aromatic rings. The van der Waals surface area contributed by atoms with Crippen molar-refractivity contribution in [1.29, 1.82) is 0 Å². The maximum absolute atomic E-state index is 14.0. The van der Waals surface area contributed by atoms with Crippen LogP contribution in [0.15, 0.2) is 40.2 Å². The number of hydrogen-bond acceptors (Lipinski definition) is 10. The van der Waals surface area contributed by atoms with Crippen molar-refractivity contribution >= 4 is 50.5 Å². The van der Waals surface area contributed by atoms with Gasteiger partial charge in [0.15, 0.2) is 10.7 Å². The zero-order valence-corrected chi connectivity index (χ0v) is 25.6. The van der Waals surface area contributed by atoms with E-state index in [2.05, 4.69) is 20.0 Å². The molecule has 1 unspecified atom stereocenters. The highest BCUT2D eigenvalue weighted by atomic mass is 32.2. The molecule has 1 aromatic heterocycles. The highest BCUT2D eigenvalue weighted by molar-refractivity contribution is 7.90. The number of nitrogens with one attached hydrogen (secondary N) is 2. The summed E-state index contributed by atoms with van der Waals surface area (Å²) in [6.45, 7) is 9.54. The lowest BCUT2D eigenvalue weighted by molar-refractivity contribution is -0.267. The van der Waals surface area contributed by atoms with Gasteiger partial charge in [-0.3, -0.25) is 0 Å². The monoisotopic (exact) mass is 636 g/mol. The smallest absolute Gasteiger partial charge is 0.421 e. The number of amides is 1. The van der Waals surface area contributed by atoms with Crippen LogP contribution in [0, 0.1) is 0 Å². The summed E-state index contributed by atoms with van der Waals surface area (Å²) in [5.74, 6) is -2.08. The Labute approximate surface area is 246 Å². The molecule has 16 heteroatoms. The van der Waals surface area contributed by atoms with Crippen molar-refractivity contribution in [3.8, 4) is 0 Å². The minimum atomic E-state index is -5.21. The zero-order valence-electron chi connectivity index (χ0n) is 24.0. The zero-order chi connectivity index (χ0) is 32.0. The van der Waals surface area contributed by atoms with Crippen LogP contribution in [0.2, 0.25) is 0 Å². The van der Waals surface area contributed by atoms with E-state index in [1.165, 1.54) is 23.5 Å². The van der Waals surface area contributed by atoms with Gasteiger partial charge in [-0.25, -0.2) is 23.0 Å². The standard InChI is InChI=1S/C26H35F3N4O7S2/c1-23(2,3)39-20(34)19(33-22(35)40-24(4,5)6)11-13-31-42(37,38)16-12-25(36,26(27,28)29)17-7-9-18(10-8-17)32-21-30-14-15-41-21/h7-10,13-15,19,36H,11-12,16H2,1-6H3,(H,30,32)(H,33,35)/t19-,25?/m0/s1. The fourth-order valence-corrected chi connectivity index (χ4v) is 4.84. The van der Waals surface area contributed by atoms with Gasteiger partial charge in [0.05, 0.1) is 5.75 Å². The van der Waals surface area contributed by atoms with Crippen LogP contribution < -0.4 is 10.6 Å². The summed E-state index contributed by atoms with van der Waals surface area (Å²) in [5.41, 5.74) is -5.48. The molecule has 0 aliphatic carbocycles. The number of aliphatic hydroxyl groups is 1. The minimum absolute atomic E-state index is 0.412. The highest BCUT2D eigenvalue weighted by Crippen LogP contribution is 2.42. The summed E-state index contributed by atoms with van der Waals surface area (Å²) in [4.78, 5) is 28.8. The Hall–Kier alpha value is -3.24. The van der Waals surface area contributed by atoms with Crippen molar-refractivity contribution in [3.05, 3.63) is 41.4 Å². The van der Waals surface area contributed by atoms with Crippen molar-refractivity contribution < 1.29 is 45.8 Å². The predicted octanol–water partition coefficient (Wildman–Crippen LogP) is 5.05. The summed E-state index contributed by atoms with van der Waals surface area (Å²) < 4.78 is 80.7. The molecule has 1 heterocycles. The van der Waals surface area contributed by atoms with E-state index in [-0.39, 0.29) is 0 Å². The third kappa shape index (κ3) is 11.2. The number of alkyl halides is 3.